The van der Waals surface area contributed by atoms with Crippen LogP contribution in [-0.2, 0) is 10.0 Å². The van der Waals surface area contributed by atoms with Crippen LogP contribution in [0.15, 0.2) is 23.1 Å². The molecule has 22 heavy (non-hydrogen) atoms. The minimum Gasteiger partial charge on any atom is -0.299 e. The number of nitrogens with zero attached hydrogens (tertiary/aromatic N) is 1. The van der Waals surface area contributed by atoms with Gasteiger partial charge in [0.25, 0.3) is 0 Å². The van der Waals surface area contributed by atoms with Crippen LogP contribution in [-0.4, -0.2) is 39.0 Å². The molecular formula is C16H25FN2O2S. The number of halogens is 1. The second-order valence-corrected chi connectivity index (χ2v) is 8.08. The number of benzene rings is 1. The summed E-state index contributed by atoms with van der Waals surface area (Å²) >= 11 is 0. The van der Waals surface area contributed by atoms with Crippen molar-refractivity contribution in [2.75, 3.05) is 19.6 Å². The first-order chi connectivity index (χ1) is 10.3. The van der Waals surface area contributed by atoms with E-state index in [4.69, 9.17) is 0 Å². The van der Waals surface area contributed by atoms with Crippen LogP contribution < -0.4 is 4.72 Å². The molecule has 1 N–H and O–H groups in total. The van der Waals surface area contributed by atoms with Gasteiger partial charge >= 0.3 is 0 Å². The number of nitrogens with one attached hydrogen (secondary N) is 1. The highest BCUT2D eigenvalue weighted by Crippen LogP contribution is 2.19. The summed E-state index contributed by atoms with van der Waals surface area (Å²) in [5.41, 5.74) is 0.336. The van der Waals surface area contributed by atoms with E-state index < -0.39 is 15.8 Å². The Morgan fingerprint density at radius 1 is 1.27 bits per heavy atom. The van der Waals surface area contributed by atoms with Crippen molar-refractivity contribution in [2.24, 2.45) is 5.92 Å². The maximum atomic E-state index is 13.3. The van der Waals surface area contributed by atoms with Crippen LogP contribution in [0, 0.1) is 18.7 Å². The third-order valence-corrected chi connectivity index (χ3v) is 5.72. The Labute approximate surface area is 132 Å². The van der Waals surface area contributed by atoms with E-state index in [0.717, 1.165) is 13.1 Å². The van der Waals surface area contributed by atoms with Crippen molar-refractivity contribution in [2.45, 2.75) is 44.6 Å². The average Bonchev–Trinajstić information content (AvgIpc) is 2.95. The zero-order valence-corrected chi connectivity index (χ0v) is 14.3. The molecule has 1 aromatic carbocycles. The topological polar surface area (TPSA) is 49.4 Å². The molecule has 124 valence electrons. The van der Waals surface area contributed by atoms with E-state index in [-0.39, 0.29) is 10.9 Å². The number of likely N-dealkylation sites (tertiary alicyclic amines) is 1. The molecule has 0 bridgehead atoms. The molecule has 2 rings (SSSR count). The molecule has 1 aromatic rings. The number of sulfonamides is 1. The largest absolute Gasteiger partial charge is 0.299 e. The molecule has 1 saturated heterocycles. The molecular weight excluding hydrogens is 303 g/mol. The molecule has 1 fully saturated rings. The summed E-state index contributed by atoms with van der Waals surface area (Å²) in [6.45, 7) is 8.23. The van der Waals surface area contributed by atoms with Crippen molar-refractivity contribution in [1.82, 2.24) is 9.62 Å². The van der Waals surface area contributed by atoms with E-state index in [1.54, 1.807) is 6.92 Å². The maximum Gasteiger partial charge on any atom is 0.240 e. The second kappa shape index (κ2) is 7.06. The fourth-order valence-corrected chi connectivity index (χ4v) is 4.06. The second-order valence-electron chi connectivity index (χ2n) is 6.32. The molecule has 1 atom stereocenters. The van der Waals surface area contributed by atoms with Gasteiger partial charge in [-0.3, -0.25) is 4.90 Å². The molecule has 1 aliphatic rings. The minimum absolute atomic E-state index is 0.121. The van der Waals surface area contributed by atoms with Crippen LogP contribution >= 0.6 is 0 Å². The van der Waals surface area contributed by atoms with Crippen molar-refractivity contribution >= 4 is 10.0 Å². The molecule has 1 aliphatic heterocycles. The highest BCUT2D eigenvalue weighted by atomic mass is 32.2. The molecule has 1 heterocycles. The van der Waals surface area contributed by atoms with Crippen molar-refractivity contribution in [3.8, 4) is 0 Å². The van der Waals surface area contributed by atoms with Gasteiger partial charge in [-0.05, 0) is 62.5 Å². The van der Waals surface area contributed by atoms with Crippen LogP contribution in [0.4, 0.5) is 4.39 Å². The van der Waals surface area contributed by atoms with E-state index in [2.05, 4.69) is 23.5 Å². The summed E-state index contributed by atoms with van der Waals surface area (Å²) in [5, 5.41) is 0. The number of aryl methyl sites for hydroxylation is 1. The third kappa shape index (κ3) is 4.06. The summed E-state index contributed by atoms with van der Waals surface area (Å²) in [6, 6.07) is 4.08. The summed E-state index contributed by atoms with van der Waals surface area (Å²) in [7, 11) is -3.60. The maximum absolute atomic E-state index is 13.3. The predicted molar refractivity (Wildman–Crippen MR) is 85.8 cm³/mol. The van der Waals surface area contributed by atoms with Gasteiger partial charge in [0.15, 0.2) is 0 Å². The van der Waals surface area contributed by atoms with Crippen LogP contribution in [0.2, 0.25) is 0 Å². The molecule has 0 amide bonds. The lowest BCUT2D eigenvalue weighted by molar-refractivity contribution is 0.193. The Kier molecular flexibility index (Phi) is 5.58. The van der Waals surface area contributed by atoms with Crippen LogP contribution in [0.25, 0.3) is 0 Å². The summed E-state index contributed by atoms with van der Waals surface area (Å²) < 4.78 is 40.7. The Hall–Kier alpha value is -0.980. The zero-order valence-electron chi connectivity index (χ0n) is 13.5. The normalized spacial score (nSPS) is 18.0. The van der Waals surface area contributed by atoms with E-state index >= 15 is 0 Å². The van der Waals surface area contributed by atoms with E-state index in [1.165, 1.54) is 31.0 Å². The molecule has 0 aromatic heterocycles. The molecule has 0 spiro atoms. The van der Waals surface area contributed by atoms with E-state index in [9.17, 15) is 12.8 Å². The first kappa shape index (κ1) is 17.4. The summed E-state index contributed by atoms with van der Waals surface area (Å²) in [4.78, 5) is 2.47. The zero-order chi connectivity index (χ0) is 16.3. The summed E-state index contributed by atoms with van der Waals surface area (Å²) in [6.07, 6.45) is 2.35. The highest BCUT2D eigenvalue weighted by molar-refractivity contribution is 7.89. The molecule has 0 radical (unpaired) electrons. The van der Waals surface area contributed by atoms with Crippen molar-refractivity contribution in [1.29, 1.82) is 0 Å². The lowest BCUT2D eigenvalue weighted by atomic mass is 10.0. The van der Waals surface area contributed by atoms with Gasteiger partial charge in [-0.2, -0.15) is 0 Å². The van der Waals surface area contributed by atoms with Gasteiger partial charge in [-0.1, -0.05) is 13.8 Å². The van der Waals surface area contributed by atoms with Crippen molar-refractivity contribution in [3.05, 3.63) is 29.6 Å². The van der Waals surface area contributed by atoms with Gasteiger partial charge < -0.3 is 0 Å². The quantitative estimate of drug-likeness (QED) is 0.873. The van der Waals surface area contributed by atoms with Crippen LogP contribution in [0.1, 0.15) is 32.3 Å². The van der Waals surface area contributed by atoms with Gasteiger partial charge in [0, 0.05) is 12.6 Å². The van der Waals surface area contributed by atoms with Crippen LogP contribution in [0.5, 0.6) is 0 Å². The third-order valence-electron chi connectivity index (χ3n) is 4.30. The summed E-state index contributed by atoms with van der Waals surface area (Å²) in [5.74, 6) is -0.0215. The lowest BCUT2D eigenvalue weighted by Gasteiger charge is -2.30. The van der Waals surface area contributed by atoms with Gasteiger partial charge in [0.2, 0.25) is 10.0 Å². The van der Waals surface area contributed by atoms with E-state index in [0.29, 0.717) is 18.0 Å². The lowest BCUT2D eigenvalue weighted by Crippen LogP contribution is -2.45. The monoisotopic (exact) mass is 328 g/mol. The Balaban J connectivity index is 2.08. The standard InChI is InChI=1S/C16H25FN2O2S/c1-12(2)16(19-8-4-5-9-19)11-18-22(20,21)14-6-7-15(17)13(3)10-14/h6-7,10,12,16,18H,4-5,8-9,11H2,1-3H3. The Morgan fingerprint density at radius 2 is 1.91 bits per heavy atom. The number of rotatable bonds is 6. The number of hydrogen-bond acceptors (Lipinski definition) is 3. The van der Waals surface area contributed by atoms with Crippen molar-refractivity contribution in [3.63, 3.8) is 0 Å². The van der Waals surface area contributed by atoms with Gasteiger partial charge in [-0.25, -0.2) is 17.5 Å². The van der Waals surface area contributed by atoms with Crippen molar-refractivity contribution < 1.29 is 12.8 Å². The number of hydrogen-bond donors (Lipinski definition) is 1. The fourth-order valence-electron chi connectivity index (χ4n) is 2.92. The predicted octanol–water partition coefficient (Wildman–Crippen LogP) is 2.53. The molecule has 1 unspecified atom stereocenters. The smallest absolute Gasteiger partial charge is 0.240 e. The Bertz CT molecular complexity index is 611. The molecule has 0 aliphatic carbocycles. The molecule has 0 saturated carbocycles. The highest BCUT2D eigenvalue weighted by Gasteiger charge is 2.26. The molecule has 4 nitrogen and oxygen atoms in total. The Morgan fingerprint density at radius 3 is 2.45 bits per heavy atom. The average molecular weight is 328 g/mol. The van der Waals surface area contributed by atoms with Gasteiger partial charge in [0.05, 0.1) is 4.90 Å². The first-order valence-corrected chi connectivity index (χ1v) is 9.29. The SMILES string of the molecule is Cc1cc(S(=O)(=O)NCC(C(C)C)N2CCCC2)ccc1F. The van der Waals surface area contributed by atoms with Gasteiger partial charge in [-0.15, -0.1) is 0 Å². The first-order valence-electron chi connectivity index (χ1n) is 7.81. The molecule has 6 heteroatoms. The van der Waals surface area contributed by atoms with Gasteiger partial charge in [0.1, 0.15) is 5.82 Å². The van der Waals surface area contributed by atoms with E-state index in [1.807, 2.05) is 0 Å². The van der Waals surface area contributed by atoms with Crippen LogP contribution in [0.3, 0.4) is 0 Å². The minimum atomic E-state index is -3.60. The fraction of sp³-hybridized carbons (Fsp3) is 0.625.